The third-order valence-corrected chi connectivity index (χ3v) is 4.02. The van der Waals surface area contributed by atoms with E-state index in [1.54, 1.807) is 35.6 Å². The fourth-order valence-electron chi connectivity index (χ4n) is 1.84. The monoisotopic (exact) mass is 316 g/mol. The van der Waals surface area contributed by atoms with Crippen LogP contribution in [0.4, 0.5) is 0 Å². The van der Waals surface area contributed by atoms with Crippen LogP contribution in [0.3, 0.4) is 0 Å². The molecule has 1 aromatic carbocycles. The molecule has 116 valence electrons. The summed E-state index contributed by atoms with van der Waals surface area (Å²) in [6, 6.07) is 11.1. The minimum absolute atomic E-state index is 0.112. The van der Waals surface area contributed by atoms with Crippen molar-refractivity contribution in [3.63, 3.8) is 0 Å². The molecule has 0 fully saturated rings. The molecule has 1 heterocycles. The number of rotatable bonds is 5. The highest BCUT2D eigenvalue weighted by molar-refractivity contribution is 7.14. The van der Waals surface area contributed by atoms with Gasteiger partial charge in [0.25, 0.3) is 5.91 Å². The van der Waals surface area contributed by atoms with Gasteiger partial charge in [-0.1, -0.05) is 0 Å². The number of amides is 1. The highest BCUT2D eigenvalue weighted by atomic mass is 32.1. The number of ether oxygens (including phenoxy) is 1. The molecule has 0 aliphatic heterocycles. The average molecular weight is 316 g/mol. The van der Waals surface area contributed by atoms with Crippen molar-refractivity contribution in [3.05, 3.63) is 51.7 Å². The molecule has 0 saturated carbocycles. The number of hydrazone groups is 1. The van der Waals surface area contributed by atoms with Crippen molar-refractivity contribution in [1.82, 2.24) is 5.43 Å². The number of thiophene rings is 1. The van der Waals surface area contributed by atoms with Crippen LogP contribution >= 0.6 is 11.3 Å². The molecule has 0 aliphatic carbocycles. The van der Waals surface area contributed by atoms with E-state index in [9.17, 15) is 4.79 Å². The molecule has 2 rings (SSSR count). The zero-order valence-corrected chi connectivity index (χ0v) is 14.0. The maximum atomic E-state index is 12.1. The summed E-state index contributed by atoms with van der Waals surface area (Å²) in [5.41, 5.74) is 3.93. The number of benzene rings is 1. The molecule has 0 aliphatic rings. The maximum Gasteiger partial charge on any atom is 0.271 e. The molecule has 22 heavy (non-hydrogen) atoms. The lowest BCUT2D eigenvalue weighted by Crippen LogP contribution is -2.19. The molecule has 1 aromatic heterocycles. The van der Waals surface area contributed by atoms with Crippen LogP contribution in [0.2, 0.25) is 0 Å². The summed E-state index contributed by atoms with van der Waals surface area (Å²) in [5, 5.41) is 4.15. The van der Waals surface area contributed by atoms with Gasteiger partial charge in [-0.3, -0.25) is 4.79 Å². The van der Waals surface area contributed by atoms with E-state index in [0.717, 1.165) is 16.3 Å². The summed E-state index contributed by atoms with van der Waals surface area (Å²) in [6.45, 7) is 7.85. The molecule has 0 unspecified atom stereocenters. The summed E-state index contributed by atoms with van der Waals surface area (Å²) < 4.78 is 5.55. The van der Waals surface area contributed by atoms with Crippen LogP contribution < -0.4 is 10.2 Å². The van der Waals surface area contributed by atoms with Gasteiger partial charge < -0.3 is 4.74 Å². The van der Waals surface area contributed by atoms with Crippen LogP contribution in [-0.4, -0.2) is 17.7 Å². The fourth-order valence-corrected chi connectivity index (χ4v) is 2.65. The van der Waals surface area contributed by atoms with Crippen LogP contribution in [-0.2, 0) is 0 Å². The smallest absolute Gasteiger partial charge is 0.271 e. The summed E-state index contributed by atoms with van der Waals surface area (Å²) in [5.74, 6) is 0.518. The SMILES string of the molecule is C/C(=N/NC(=O)c1ccc(OC(C)C)cc1)c1ccc(C)s1. The number of nitrogens with one attached hydrogen (secondary N) is 1. The summed E-state index contributed by atoms with van der Waals surface area (Å²) >= 11 is 1.65. The van der Waals surface area contributed by atoms with E-state index in [1.165, 1.54) is 4.88 Å². The van der Waals surface area contributed by atoms with Crippen LogP contribution in [0.25, 0.3) is 0 Å². The highest BCUT2D eigenvalue weighted by Gasteiger charge is 2.06. The van der Waals surface area contributed by atoms with Gasteiger partial charge in [-0.15, -0.1) is 11.3 Å². The Morgan fingerprint density at radius 2 is 1.86 bits per heavy atom. The van der Waals surface area contributed by atoms with Gasteiger partial charge in [0.1, 0.15) is 5.75 Å². The van der Waals surface area contributed by atoms with Crippen molar-refractivity contribution in [1.29, 1.82) is 0 Å². The van der Waals surface area contributed by atoms with Gasteiger partial charge in [-0.25, -0.2) is 5.43 Å². The molecule has 0 radical (unpaired) electrons. The first-order valence-electron chi connectivity index (χ1n) is 7.14. The van der Waals surface area contributed by atoms with Gasteiger partial charge in [-0.2, -0.15) is 5.10 Å². The Bertz CT molecular complexity index is 672. The quantitative estimate of drug-likeness (QED) is 0.669. The molecule has 2 aromatic rings. The van der Waals surface area contributed by atoms with Crippen molar-refractivity contribution < 1.29 is 9.53 Å². The molecule has 0 spiro atoms. The number of hydrogen-bond donors (Lipinski definition) is 1. The van der Waals surface area contributed by atoms with E-state index in [1.807, 2.05) is 39.8 Å². The van der Waals surface area contributed by atoms with Crippen LogP contribution in [0.5, 0.6) is 5.75 Å². The minimum atomic E-state index is -0.233. The number of aryl methyl sites for hydroxylation is 1. The van der Waals surface area contributed by atoms with Gasteiger partial charge in [0.05, 0.1) is 16.7 Å². The molecular weight excluding hydrogens is 296 g/mol. The molecule has 5 heteroatoms. The molecule has 0 saturated heterocycles. The lowest BCUT2D eigenvalue weighted by Gasteiger charge is -2.09. The van der Waals surface area contributed by atoms with Gasteiger partial charge in [-0.05, 0) is 64.1 Å². The fraction of sp³-hybridized carbons (Fsp3) is 0.294. The number of carbonyl (C=O) groups excluding carboxylic acids is 1. The molecular formula is C17H20N2O2S. The van der Waals surface area contributed by atoms with Crippen LogP contribution in [0.15, 0.2) is 41.5 Å². The van der Waals surface area contributed by atoms with E-state index in [-0.39, 0.29) is 12.0 Å². The van der Waals surface area contributed by atoms with Crippen molar-refractivity contribution in [2.45, 2.75) is 33.8 Å². The standard InChI is InChI=1S/C17H20N2O2S/c1-11(2)21-15-8-6-14(7-9-15)17(20)19-18-13(4)16-10-5-12(3)22-16/h5-11H,1-4H3,(H,19,20)/b18-13-. The first-order chi connectivity index (χ1) is 10.5. The third kappa shape index (κ3) is 4.43. The molecule has 4 nitrogen and oxygen atoms in total. The second kappa shape index (κ2) is 7.22. The minimum Gasteiger partial charge on any atom is -0.491 e. The Labute approximate surface area is 134 Å². The van der Waals surface area contributed by atoms with Gasteiger partial charge in [0.2, 0.25) is 0 Å². The van der Waals surface area contributed by atoms with Gasteiger partial charge in [0.15, 0.2) is 0 Å². The van der Waals surface area contributed by atoms with Gasteiger partial charge in [0, 0.05) is 10.4 Å². The van der Waals surface area contributed by atoms with Gasteiger partial charge >= 0.3 is 0 Å². The van der Waals surface area contributed by atoms with E-state index in [4.69, 9.17) is 4.74 Å². The Morgan fingerprint density at radius 3 is 2.41 bits per heavy atom. The van der Waals surface area contributed by atoms with Crippen molar-refractivity contribution in [2.24, 2.45) is 5.10 Å². The second-order valence-electron chi connectivity index (χ2n) is 5.24. The van der Waals surface area contributed by atoms with E-state index in [0.29, 0.717) is 5.56 Å². The topological polar surface area (TPSA) is 50.7 Å². The Balaban J connectivity index is 2.00. The molecule has 1 amide bonds. The normalized spacial score (nSPS) is 11.6. The van der Waals surface area contributed by atoms with Crippen molar-refractivity contribution in [3.8, 4) is 5.75 Å². The molecule has 0 atom stereocenters. The van der Waals surface area contributed by atoms with E-state index < -0.39 is 0 Å². The van der Waals surface area contributed by atoms with E-state index >= 15 is 0 Å². The number of nitrogens with zero attached hydrogens (tertiary/aromatic N) is 1. The van der Waals surface area contributed by atoms with Crippen LogP contribution in [0.1, 0.15) is 40.9 Å². The number of hydrogen-bond acceptors (Lipinski definition) is 4. The molecule has 0 bridgehead atoms. The maximum absolute atomic E-state index is 12.1. The summed E-state index contributed by atoms with van der Waals surface area (Å²) in [4.78, 5) is 14.3. The number of carbonyl (C=O) groups is 1. The zero-order chi connectivity index (χ0) is 16.1. The summed E-state index contributed by atoms with van der Waals surface area (Å²) in [6.07, 6.45) is 0.112. The highest BCUT2D eigenvalue weighted by Crippen LogP contribution is 2.16. The van der Waals surface area contributed by atoms with Crippen molar-refractivity contribution in [2.75, 3.05) is 0 Å². The Morgan fingerprint density at radius 1 is 1.18 bits per heavy atom. The summed E-state index contributed by atoms with van der Waals surface area (Å²) in [7, 11) is 0. The first kappa shape index (κ1) is 16.2. The molecule has 1 N–H and O–H groups in total. The zero-order valence-electron chi connectivity index (χ0n) is 13.2. The largest absolute Gasteiger partial charge is 0.491 e. The first-order valence-corrected chi connectivity index (χ1v) is 7.95. The lowest BCUT2D eigenvalue weighted by molar-refractivity contribution is 0.0955. The lowest BCUT2D eigenvalue weighted by atomic mass is 10.2. The van der Waals surface area contributed by atoms with Crippen LogP contribution in [0, 0.1) is 6.92 Å². The average Bonchev–Trinajstić information content (AvgIpc) is 2.91. The Hall–Kier alpha value is -2.14. The predicted octanol–water partition coefficient (Wildman–Crippen LogP) is 4.00. The van der Waals surface area contributed by atoms with Crippen molar-refractivity contribution >= 4 is 23.0 Å². The third-order valence-electron chi connectivity index (χ3n) is 2.91. The predicted molar refractivity (Wildman–Crippen MR) is 90.9 cm³/mol. The van der Waals surface area contributed by atoms with E-state index in [2.05, 4.69) is 10.5 Å². The Kier molecular flexibility index (Phi) is 5.33. The second-order valence-corrected chi connectivity index (χ2v) is 6.53.